The number of benzene rings is 2. The Hall–Kier alpha value is -2.95. The number of hydrogen-bond acceptors (Lipinski definition) is 4. The quantitative estimate of drug-likeness (QED) is 0.675. The van der Waals surface area contributed by atoms with Crippen molar-refractivity contribution in [2.24, 2.45) is 0 Å². The number of ether oxygens (including phenoxy) is 1. The fourth-order valence-electron chi connectivity index (χ4n) is 1.86. The molecule has 0 aromatic heterocycles. The van der Waals surface area contributed by atoms with E-state index in [9.17, 15) is 14.4 Å². The van der Waals surface area contributed by atoms with E-state index >= 15 is 0 Å². The predicted molar refractivity (Wildman–Crippen MR) is 80.7 cm³/mol. The van der Waals surface area contributed by atoms with Crippen molar-refractivity contribution in [3.8, 4) is 0 Å². The van der Waals surface area contributed by atoms with Gasteiger partial charge in [0.25, 0.3) is 5.91 Å². The van der Waals surface area contributed by atoms with Crippen molar-refractivity contribution in [2.45, 2.75) is 0 Å². The topological polar surface area (TPSA) is 72.5 Å². The summed E-state index contributed by atoms with van der Waals surface area (Å²) in [6, 6.07) is 15.2. The van der Waals surface area contributed by atoms with Crippen LogP contribution in [0.3, 0.4) is 0 Å². The minimum Gasteiger partial charge on any atom is -0.468 e. The Bertz CT molecular complexity index is 678. The highest BCUT2D eigenvalue weighted by Crippen LogP contribution is 2.11. The molecule has 1 amide bonds. The second-order valence-corrected chi connectivity index (χ2v) is 4.53. The van der Waals surface area contributed by atoms with E-state index in [1.54, 1.807) is 48.5 Å². The number of ketones is 1. The number of carbonyl (C=O) groups is 3. The highest BCUT2D eigenvalue weighted by molar-refractivity contribution is 6.09. The highest BCUT2D eigenvalue weighted by atomic mass is 16.5. The minimum absolute atomic E-state index is 0.109. The molecule has 0 saturated heterocycles. The molecule has 2 aromatic carbocycles. The second kappa shape index (κ2) is 7.17. The molecule has 0 heterocycles. The summed E-state index contributed by atoms with van der Waals surface area (Å²) in [6.07, 6.45) is 0. The third-order valence-electron chi connectivity index (χ3n) is 3.07. The monoisotopic (exact) mass is 297 g/mol. The lowest BCUT2D eigenvalue weighted by Gasteiger charge is -2.05. The summed E-state index contributed by atoms with van der Waals surface area (Å²) in [6.45, 7) is -0.194. The largest absolute Gasteiger partial charge is 0.468 e. The van der Waals surface area contributed by atoms with Crippen LogP contribution in [-0.4, -0.2) is 31.3 Å². The van der Waals surface area contributed by atoms with Gasteiger partial charge in [0, 0.05) is 16.7 Å². The van der Waals surface area contributed by atoms with Crippen molar-refractivity contribution in [3.63, 3.8) is 0 Å². The molecule has 2 rings (SSSR count). The van der Waals surface area contributed by atoms with Crippen molar-refractivity contribution in [2.75, 3.05) is 13.7 Å². The molecule has 5 heteroatoms. The van der Waals surface area contributed by atoms with E-state index in [4.69, 9.17) is 0 Å². The third-order valence-corrected chi connectivity index (χ3v) is 3.07. The Morgan fingerprint density at radius 2 is 1.41 bits per heavy atom. The summed E-state index contributed by atoms with van der Waals surface area (Å²) < 4.78 is 4.44. The van der Waals surface area contributed by atoms with Gasteiger partial charge in [0.05, 0.1) is 7.11 Å². The zero-order valence-corrected chi connectivity index (χ0v) is 12.0. The molecule has 1 N–H and O–H groups in total. The van der Waals surface area contributed by atoms with Gasteiger partial charge in [-0.15, -0.1) is 0 Å². The molecule has 0 radical (unpaired) electrons. The van der Waals surface area contributed by atoms with Crippen molar-refractivity contribution < 1.29 is 19.1 Å². The number of methoxy groups -OCH3 is 1. The van der Waals surface area contributed by atoms with Crippen molar-refractivity contribution in [1.82, 2.24) is 5.32 Å². The zero-order valence-electron chi connectivity index (χ0n) is 12.0. The number of amides is 1. The number of rotatable bonds is 5. The van der Waals surface area contributed by atoms with Crippen LogP contribution in [0.4, 0.5) is 0 Å². The summed E-state index contributed by atoms with van der Waals surface area (Å²) >= 11 is 0. The molecule has 0 fully saturated rings. The molecule has 0 saturated carbocycles. The van der Waals surface area contributed by atoms with E-state index in [0.29, 0.717) is 16.7 Å². The fraction of sp³-hybridized carbons (Fsp3) is 0.118. The molecular weight excluding hydrogens is 282 g/mol. The molecule has 0 spiro atoms. The SMILES string of the molecule is COC(=O)CNC(=O)c1ccc(C(=O)c2ccccc2)cc1. The first kappa shape index (κ1) is 15.4. The van der Waals surface area contributed by atoms with Gasteiger partial charge in [-0.25, -0.2) is 0 Å². The first-order valence-electron chi connectivity index (χ1n) is 6.66. The second-order valence-electron chi connectivity index (χ2n) is 4.53. The van der Waals surface area contributed by atoms with Crippen LogP contribution in [-0.2, 0) is 9.53 Å². The molecule has 112 valence electrons. The Balaban J connectivity index is 2.05. The maximum atomic E-state index is 12.2. The van der Waals surface area contributed by atoms with Gasteiger partial charge in [0.1, 0.15) is 6.54 Å². The van der Waals surface area contributed by atoms with Crippen LogP contribution in [0.2, 0.25) is 0 Å². The van der Waals surface area contributed by atoms with Gasteiger partial charge in [-0.3, -0.25) is 14.4 Å². The lowest BCUT2D eigenvalue weighted by Crippen LogP contribution is -2.30. The van der Waals surface area contributed by atoms with E-state index in [0.717, 1.165) is 0 Å². The smallest absolute Gasteiger partial charge is 0.325 e. The van der Waals surface area contributed by atoms with Crippen LogP contribution in [0.1, 0.15) is 26.3 Å². The third kappa shape index (κ3) is 3.79. The first-order chi connectivity index (χ1) is 10.6. The Labute approximate surface area is 127 Å². The molecular formula is C17H15NO4. The Morgan fingerprint density at radius 1 is 0.864 bits per heavy atom. The van der Waals surface area contributed by atoms with Crippen molar-refractivity contribution >= 4 is 17.7 Å². The fourth-order valence-corrected chi connectivity index (χ4v) is 1.86. The molecule has 0 aliphatic carbocycles. The van der Waals surface area contributed by atoms with Crippen LogP contribution >= 0.6 is 0 Å². The van der Waals surface area contributed by atoms with Gasteiger partial charge in [-0.1, -0.05) is 42.5 Å². The highest BCUT2D eigenvalue weighted by Gasteiger charge is 2.11. The van der Waals surface area contributed by atoms with Crippen LogP contribution in [0.5, 0.6) is 0 Å². The van der Waals surface area contributed by atoms with Gasteiger partial charge in [-0.05, 0) is 12.1 Å². The summed E-state index contributed by atoms with van der Waals surface area (Å²) in [4.78, 5) is 35.0. The zero-order chi connectivity index (χ0) is 15.9. The van der Waals surface area contributed by atoms with Gasteiger partial charge >= 0.3 is 5.97 Å². The molecule has 0 unspecified atom stereocenters. The molecule has 0 atom stereocenters. The average Bonchev–Trinajstić information content (AvgIpc) is 2.59. The van der Waals surface area contributed by atoms with Gasteiger partial charge in [0.2, 0.25) is 0 Å². The van der Waals surface area contributed by atoms with E-state index in [1.807, 2.05) is 6.07 Å². The molecule has 0 aliphatic heterocycles. The average molecular weight is 297 g/mol. The van der Waals surface area contributed by atoms with Crippen LogP contribution in [0.15, 0.2) is 54.6 Å². The summed E-state index contributed by atoms with van der Waals surface area (Å²) in [5.74, 6) is -1.03. The predicted octanol–water partition coefficient (Wildman–Crippen LogP) is 1.82. The minimum atomic E-state index is -0.524. The maximum absolute atomic E-state index is 12.2. The van der Waals surface area contributed by atoms with Gasteiger partial charge in [-0.2, -0.15) is 0 Å². The van der Waals surface area contributed by atoms with E-state index in [-0.39, 0.29) is 12.3 Å². The van der Waals surface area contributed by atoms with E-state index in [1.165, 1.54) is 7.11 Å². The molecule has 0 aliphatic rings. The summed E-state index contributed by atoms with van der Waals surface area (Å²) in [5.41, 5.74) is 1.45. The number of hydrogen-bond donors (Lipinski definition) is 1. The molecule has 2 aromatic rings. The standard InChI is InChI=1S/C17H15NO4/c1-22-15(19)11-18-17(21)14-9-7-13(8-10-14)16(20)12-5-3-2-4-6-12/h2-10H,11H2,1H3,(H,18,21). The summed E-state index contributed by atoms with van der Waals surface area (Å²) in [5, 5.41) is 2.43. The maximum Gasteiger partial charge on any atom is 0.325 e. The normalized spacial score (nSPS) is 9.86. The van der Waals surface area contributed by atoms with Crippen LogP contribution < -0.4 is 5.32 Å². The summed E-state index contributed by atoms with van der Waals surface area (Å²) in [7, 11) is 1.25. The van der Waals surface area contributed by atoms with Gasteiger partial charge < -0.3 is 10.1 Å². The Morgan fingerprint density at radius 3 is 2.00 bits per heavy atom. The number of carbonyl (C=O) groups excluding carboxylic acids is 3. The van der Waals surface area contributed by atoms with E-state index in [2.05, 4.69) is 10.1 Å². The first-order valence-corrected chi connectivity index (χ1v) is 6.66. The Kier molecular flexibility index (Phi) is 5.03. The molecule has 5 nitrogen and oxygen atoms in total. The number of nitrogens with one attached hydrogen (secondary N) is 1. The van der Waals surface area contributed by atoms with Gasteiger partial charge in [0.15, 0.2) is 5.78 Å². The van der Waals surface area contributed by atoms with E-state index < -0.39 is 11.9 Å². The molecule has 22 heavy (non-hydrogen) atoms. The van der Waals surface area contributed by atoms with Crippen LogP contribution in [0.25, 0.3) is 0 Å². The van der Waals surface area contributed by atoms with Crippen molar-refractivity contribution in [3.05, 3.63) is 71.3 Å². The van der Waals surface area contributed by atoms with Crippen LogP contribution in [0, 0.1) is 0 Å². The lowest BCUT2D eigenvalue weighted by atomic mass is 10.0. The van der Waals surface area contributed by atoms with Crippen molar-refractivity contribution in [1.29, 1.82) is 0 Å². The number of esters is 1. The molecule has 0 bridgehead atoms. The lowest BCUT2D eigenvalue weighted by molar-refractivity contribution is -0.139.